The molecule has 0 fully saturated rings. The van der Waals surface area contributed by atoms with E-state index in [1.54, 1.807) is 48.5 Å². The summed E-state index contributed by atoms with van der Waals surface area (Å²) in [6, 6.07) is 21.9. The van der Waals surface area contributed by atoms with Crippen molar-refractivity contribution in [2.45, 2.75) is 18.6 Å². The highest BCUT2D eigenvalue weighted by atomic mass is 19.3. The first kappa shape index (κ1) is 20.2. The number of carbonyl (C=O) groups is 2. The maximum atomic E-state index is 15.2. The smallest absolute Gasteiger partial charge is 0.408 e. The van der Waals surface area contributed by atoms with E-state index in [1.807, 2.05) is 6.07 Å². The minimum Gasteiger partial charge on any atom is -0.445 e. The molecule has 3 aromatic rings. The summed E-state index contributed by atoms with van der Waals surface area (Å²) in [6.45, 7) is -0.0770. The van der Waals surface area contributed by atoms with Gasteiger partial charge in [0.25, 0.3) is 0 Å². The molecule has 1 atom stereocenters. The minimum atomic E-state index is -3.88. The van der Waals surface area contributed by atoms with Crippen LogP contribution in [0.5, 0.6) is 0 Å². The molecule has 0 saturated carbocycles. The van der Waals surface area contributed by atoms with Gasteiger partial charge in [0.2, 0.25) is 5.78 Å². The van der Waals surface area contributed by atoms with Crippen LogP contribution in [0.2, 0.25) is 0 Å². The van der Waals surface area contributed by atoms with E-state index in [9.17, 15) is 9.59 Å². The van der Waals surface area contributed by atoms with Crippen LogP contribution in [0.25, 0.3) is 0 Å². The lowest BCUT2D eigenvalue weighted by Gasteiger charge is -2.27. The Hall–Kier alpha value is -3.54. The Bertz CT molecular complexity index is 948. The van der Waals surface area contributed by atoms with Crippen LogP contribution in [-0.2, 0) is 11.3 Å². The van der Waals surface area contributed by atoms with Gasteiger partial charge in [-0.25, -0.2) is 4.79 Å². The Morgan fingerprint density at radius 2 is 1.34 bits per heavy atom. The van der Waals surface area contributed by atoms with Crippen molar-refractivity contribution in [1.82, 2.24) is 5.32 Å². The predicted molar refractivity (Wildman–Crippen MR) is 105 cm³/mol. The monoisotopic (exact) mass is 395 g/mol. The molecule has 0 aliphatic heterocycles. The van der Waals surface area contributed by atoms with Crippen molar-refractivity contribution in [1.29, 1.82) is 0 Å². The fraction of sp³-hybridized carbons (Fsp3) is 0.130. The molecule has 6 heteroatoms. The molecular weight excluding hydrogens is 376 g/mol. The Balaban J connectivity index is 1.81. The number of alkyl halides is 2. The number of amides is 1. The molecule has 4 nitrogen and oxygen atoms in total. The summed E-state index contributed by atoms with van der Waals surface area (Å²) in [5.41, 5.74) is 0.669. The van der Waals surface area contributed by atoms with E-state index in [-0.39, 0.29) is 17.7 Å². The van der Waals surface area contributed by atoms with E-state index in [4.69, 9.17) is 4.74 Å². The molecule has 0 saturated heterocycles. The van der Waals surface area contributed by atoms with Crippen LogP contribution in [0.15, 0.2) is 91.0 Å². The van der Waals surface area contributed by atoms with E-state index in [0.717, 1.165) is 0 Å². The zero-order valence-corrected chi connectivity index (χ0v) is 15.4. The molecule has 0 aliphatic rings. The van der Waals surface area contributed by atoms with Gasteiger partial charge in [0.15, 0.2) is 0 Å². The van der Waals surface area contributed by atoms with Gasteiger partial charge in [-0.3, -0.25) is 4.79 Å². The van der Waals surface area contributed by atoms with Crippen molar-refractivity contribution < 1.29 is 23.1 Å². The molecule has 0 aromatic heterocycles. The van der Waals surface area contributed by atoms with Gasteiger partial charge in [-0.2, -0.15) is 8.78 Å². The number of carbonyl (C=O) groups excluding carboxylic acids is 2. The Labute approximate surface area is 167 Å². The summed E-state index contributed by atoms with van der Waals surface area (Å²) in [6.07, 6.45) is -1.04. The lowest BCUT2D eigenvalue weighted by molar-refractivity contribution is -0.0166. The summed E-state index contributed by atoms with van der Waals surface area (Å²) in [5, 5.41) is 2.16. The van der Waals surface area contributed by atoms with Gasteiger partial charge in [-0.15, -0.1) is 0 Å². The third kappa shape index (κ3) is 5.04. The van der Waals surface area contributed by atoms with Gasteiger partial charge in [0.1, 0.15) is 12.6 Å². The van der Waals surface area contributed by atoms with Crippen molar-refractivity contribution in [2.24, 2.45) is 0 Å². The molecule has 1 unspecified atom stereocenters. The standard InChI is InChI=1S/C23H19F2NO3/c24-23(25,21(27)19-14-8-3-9-15-19)20(18-12-6-2-7-13-18)26-22(28)29-16-17-10-4-1-5-11-17/h1-15,20H,16H2,(H,26,28). The normalized spacial score (nSPS) is 12.1. The number of rotatable bonds is 7. The number of alkyl carbamates (subject to hydrolysis) is 1. The molecule has 1 N–H and O–H groups in total. The molecule has 3 rings (SSSR count). The highest BCUT2D eigenvalue weighted by Gasteiger charge is 2.49. The minimum absolute atomic E-state index is 0.0770. The molecule has 0 spiro atoms. The summed E-state index contributed by atoms with van der Waals surface area (Å²) in [5.74, 6) is -5.26. The fourth-order valence-corrected chi connectivity index (χ4v) is 2.82. The van der Waals surface area contributed by atoms with Crippen LogP contribution < -0.4 is 5.32 Å². The van der Waals surface area contributed by atoms with Gasteiger partial charge in [0, 0.05) is 5.56 Å². The number of benzene rings is 3. The summed E-state index contributed by atoms with van der Waals surface area (Å²) >= 11 is 0. The molecule has 0 bridgehead atoms. The van der Waals surface area contributed by atoms with Crippen molar-refractivity contribution in [3.05, 3.63) is 108 Å². The molecule has 0 radical (unpaired) electrons. The maximum absolute atomic E-state index is 15.2. The molecule has 1 amide bonds. The van der Waals surface area contributed by atoms with Crippen LogP contribution in [0.3, 0.4) is 0 Å². The lowest BCUT2D eigenvalue weighted by atomic mass is 9.94. The van der Waals surface area contributed by atoms with Crippen molar-refractivity contribution in [3.63, 3.8) is 0 Å². The highest BCUT2D eigenvalue weighted by Crippen LogP contribution is 2.34. The van der Waals surface area contributed by atoms with Crippen LogP contribution in [0, 0.1) is 0 Å². The van der Waals surface area contributed by atoms with Crippen molar-refractivity contribution in [2.75, 3.05) is 0 Å². The van der Waals surface area contributed by atoms with Crippen molar-refractivity contribution in [3.8, 4) is 0 Å². The molecule has 29 heavy (non-hydrogen) atoms. The van der Waals surface area contributed by atoms with E-state index in [0.29, 0.717) is 5.56 Å². The average molecular weight is 395 g/mol. The first-order valence-electron chi connectivity index (χ1n) is 8.98. The quantitative estimate of drug-likeness (QED) is 0.562. The Morgan fingerprint density at radius 3 is 1.93 bits per heavy atom. The summed E-state index contributed by atoms with van der Waals surface area (Å²) < 4.78 is 35.4. The maximum Gasteiger partial charge on any atom is 0.408 e. The van der Waals surface area contributed by atoms with E-state index in [2.05, 4.69) is 5.32 Å². The number of ether oxygens (including phenoxy) is 1. The number of hydrogen-bond acceptors (Lipinski definition) is 3. The van der Waals surface area contributed by atoms with Crippen LogP contribution in [-0.4, -0.2) is 17.8 Å². The van der Waals surface area contributed by atoms with Crippen LogP contribution in [0.4, 0.5) is 13.6 Å². The second-order valence-electron chi connectivity index (χ2n) is 6.37. The molecular formula is C23H19F2NO3. The zero-order valence-electron chi connectivity index (χ0n) is 15.4. The highest BCUT2D eigenvalue weighted by molar-refractivity contribution is 6.02. The fourth-order valence-electron chi connectivity index (χ4n) is 2.82. The van der Waals surface area contributed by atoms with Crippen LogP contribution >= 0.6 is 0 Å². The Morgan fingerprint density at radius 1 is 0.828 bits per heavy atom. The number of nitrogens with one attached hydrogen (secondary N) is 1. The van der Waals surface area contributed by atoms with Gasteiger partial charge < -0.3 is 10.1 Å². The molecule has 0 aliphatic carbocycles. The topological polar surface area (TPSA) is 55.4 Å². The van der Waals surface area contributed by atoms with E-state index >= 15 is 8.78 Å². The van der Waals surface area contributed by atoms with Gasteiger partial charge in [-0.05, 0) is 11.1 Å². The molecule has 0 heterocycles. The molecule has 3 aromatic carbocycles. The van der Waals surface area contributed by atoms with Gasteiger partial charge >= 0.3 is 12.0 Å². The lowest BCUT2D eigenvalue weighted by Crippen LogP contribution is -2.45. The number of Topliss-reactive ketones (excluding diaryl/α,β-unsaturated/α-hetero) is 1. The summed E-state index contributed by atoms with van der Waals surface area (Å²) in [7, 11) is 0. The van der Waals surface area contributed by atoms with Gasteiger partial charge in [0.05, 0.1) is 0 Å². The molecule has 148 valence electrons. The predicted octanol–water partition coefficient (Wildman–Crippen LogP) is 5.17. The first-order chi connectivity index (χ1) is 14.0. The number of ketones is 1. The number of halogens is 2. The Kier molecular flexibility index (Phi) is 6.34. The van der Waals surface area contributed by atoms with E-state index < -0.39 is 23.8 Å². The van der Waals surface area contributed by atoms with Crippen LogP contribution in [0.1, 0.15) is 27.5 Å². The van der Waals surface area contributed by atoms with Gasteiger partial charge in [-0.1, -0.05) is 91.0 Å². The summed E-state index contributed by atoms with van der Waals surface area (Å²) in [4.78, 5) is 24.7. The van der Waals surface area contributed by atoms with Crippen molar-refractivity contribution >= 4 is 11.9 Å². The second kappa shape index (κ2) is 9.10. The first-order valence-corrected chi connectivity index (χ1v) is 8.98. The SMILES string of the molecule is O=C(NC(c1ccccc1)C(F)(F)C(=O)c1ccccc1)OCc1ccccc1. The number of hydrogen-bond donors (Lipinski definition) is 1. The third-order valence-electron chi connectivity index (χ3n) is 4.31. The largest absolute Gasteiger partial charge is 0.445 e. The third-order valence-corrected chi connectivity index (χ3v) is 4.31. The second-order valence-corrected chi connectivity index (χ2v) is 6.37. The average Bonchev–Trinajstić information content (AvgIpc) is 2.77. The zero-order chi connectivity index (χ0) is 20.7. The van der Waals surface area contributed by atoms with E-state index in [1.165, 1.54) is 36.4 Å².